The highest BCUT2D eigenvalue weighted by atomic mass is 32.2. The molecule has 0 saturated heterocycles. The van der Waals surface area contributed by atoms with Gasteiger partial charge in [0.2, 0.25) is 5.91 Å². The van der Waals surface area contributed by atoms with Crippen molar-refractivity contribution in [2.45, 2.75) is 38.9 Å². The van der Waals surface area contributed by atoms with Crippen molar-refractivity contribution in [2.75, 3.05) is 11.1 Å². The van der Waals surface area contributed by atoms with Crippen LogP contribution in [0.15, 0.2) is 40.9 Å². The standard InChI is InChI=1S/C19H22N4OS2/c1-4-14-8-6-7-9-16(14)20-17(24)12-26-19-22-21-18(23(19)5-2)15-10-13(3)25-11-15/h6-11H,4-5,12H2,1-3H3,(H,20,24). The first-order chi connectivity index (χ1) is 12.6. The van der Waals surface area contributed by atoms with E-state index in [0.717, 1.165) is 40.8 Å². The molecule has 3 rings (SSSR count). The molecule has 7 heteroatoms. The van der Waals surface area contributed by atoms with Crippen molar-refractivity contribution >= 4 is 34.7 Å². The monoisotopic (exact) mass is 386 g/mol. The first kappa shape index (κ1) is 18.7. The third-order valence-electron chi connectivity index (χ3n) is 4.03. The Bertz CT molecular complexity index is 901. The lowest BCUT2D eigenvalue weighted by Gasteiger charge is -2.10. The van der Waals surface area contributed by atoms with Crippen LogP contribution in [0.25, 0.3) is 11.4 Å². The first-order valence-electron chi connectivity index (χ1n) is 8.61. The summed E-state index contributed by atoms with van der Waals surface area (Å²) in [7, 11) is 0. The summed E-state index contributed by atoms with van der Waals surface area (Å²) in [4.78, 5) is 13.6. The quantitative estimate of drug-likeness (QED) is 0.602. The van der Waals surface area contributed by atoms with Crippen LogP contribution in [0.3, 0.4) is 0 Å². The fraction of sp³-hybridized carbons (Fsp3) is 0.316. The number of carbonyl (C=O) groups is 1. The smallest absolute Gasteiger partial charge is 0.234 e. The van der Waals surface area contributed by atoms with Crippen LogP contribution in [0.4, 0.5) is 5.69 Å². The lowest BCUT2D eigenvalue weighted by Crippen LogP contribution is -2.15. The number of nitrogens with one attached hydrogen (secondary N) is 1. The molecule has 1 amide bonds. The number of thioether (sulfide) groups is 1. The second-order valence-electron chi connectivity index (χ2n) is 5.84. The number of thiophene rings is 1. The molecule has 0 saturated carbocycles. The van der Waals surface area contributed by atoms with Crippen molar-refractivity contribution in [3.8, 4) is 11.4 Å². The minimum absolute atomic E-state index is 0.0329. The summed E-state index contributed by atoms with van der Waals surface area (Å²) < 4.78 is 2.05. The largest absolute Gasteiger partial charge is 0.325 e. The summed E-state index contributed by atoms with van der Waals surface area (Å²) in [6, 6.07) is 10.0. The van der Waals surface area contributed by atoms with E-state index in [1.54, 1.807) is 11.3 Å². The molecule has 0 bridgehead atoms. The first-order valence-corrected chi connectivity index (χ1v) is 10.5. The number of aromatic nitrogens is 3. The van der Waals surface area contributed by atoms with Crippen molar-refractivity contribution < 1.29 is 4.79 Å². The molecule has 5 nitrogen and oxygen atoms in total. The molecular weight excluding hydrogens is 364 g/mol. The van der Waals surface area contributed by atoms with E-state index in [1.165, 1.54) is 16.6 Å². The minimum Gasteiger partial charge on any atom is -0.325 e. The van der Waals surface area contributed by atoms with Crippen LogP contribution in [-0.4, -0.2) is 26.4 Å². The van der Waals surface area contributed by atoms with Gasteiger partial charge in [0.05, 0.1) is 5.75 Å². The number of rotatable bonds is 7. The van der Waals surface area contributed by atoms with Crippen molar-refractivity contribution in [1.82, 2.24) is 14.8 Å². The molecule has 0 aliphatic rings. The van der Waals surface area contributed by atoms with Gasteiger partial charge in [0.25, 0.3) is 0 Å². The van der Waals surface area contributed by atoms with Gasteiger partial charge in [0.15, 0.2) is 11.0 Å². The van der Waals surface area contributed by atoms with Crippen LogP contribution in [0.1, 0.15) is 24.3 Å². The topological polar surface area (TPSA) is 59.8 Å². The Morgan fingerprint density at radius 3 is 2.77 bits per heavy atom. The van der Waals surface area contributed by atoms with Crippen LogP contribution < -0.4 is 5.32 Å². The van der Waals surface area contributed by atoms with Gasteiger partial charge in [-0.2, -0.15) is 0 Å². The van der Waals surface area contributed by atoms with E-state index in [-0.39, 0.29) is 5.91 Å². The van der Waals surface area contributed by atoms with E-state index in [1.807, 2.05) is 24.3 Å². The number of amides is 1. The predicted octanol–water partition coefficient (Wildman–Crippen LogP) is 4.63. The van der Waals surface area contributed by atoms with Gasteiger partial charge in [-0.1, -0.05) is 36.9 Å². The fourth-order valence-electron chi connectivity index (χ4n) is 2.72. The van der Waals surface area contributed by atoms with Gasteiger partial charge in [-0.05, 0) is 38.0 Å². The molecule has 0 fully saturated rings. The lowest BCUT2D eigenvalue weighted by atomic mass is 10.1. The number of hydrogen-bond donors (Lipinski definition) is 1. The number of nitrogens with zero attached hydrogens (tertiary/aromatic N) is 3. The van der Waals surface area contributed by atoms with Gasteiger partial charge in [-0.15, -0.1) is 21.5 Å². The number of aryl methyl sites for hydroxylation is 2. The van der Waals surface area contributed by atoms with Crippen molar-refractivity contribution in [2.24, 2.45) is 0 Å². The Hall–Kier alpha value is -2.12. The summed E-state index contributed by atoms with van der Waals surface area (Å²) in [5.74, 6) is 1.13. The van der Waals surface area contributed by atoms with Crippen molar-refractivity contribution in [3.63, 3.8) is 0 Å². The molecule has 1 N–H and O–H groups in total. The Kier molecular flexibility index (Phi) is 6.11. The summed E-state index contributed by atoms with van der Waals surface area (Å²) in [6.07, 6.45) is 0.886. The summed E-state index contributed by atoms with van der Waals surface area (Å²) in [5.41, 5.74) is 3.10. The maximum Gasteiger partial charge on any atom is 0.234 e. The van der Waals surface area contributed by atoms with Crippen molar-refractivity contribution in [1.29, 1.82) is 0 Å². The van der Waals surface area contributed by atoms with E-state index < -0.39 is 0 Å². The fourth-order valence-corrected chi connectivity index (χ4v) is 4.21. The predicted molar refractivity (Wildman–Crippen MR) is 109 cm³/mol. The molecule has 0 aliphatic carbocycles. The van der Waals surface area contributed by atoms with Crippen molar-refractivity contribution in [3.05, 3.63) is 46.2 Å². The molecule has 0 atom stereocenters. The zero-order valence-corrected chi connectivity index (χ0v) is 16.8. The van der Waals surface area contributed by atoms with E-state index in [2.05, 4.69) is 52.3 Å². The second-order valence-corrected chi connectivity index (χ2v) is 7.90. The Morgan fingerprint density at radius 2 is 2.08 bits per heavy atom. The van der Waals surface area contributed by atoms with Crippen LogP contribution in [0.5, 0.6) is 0 Å². The molecular formula is C19H22N4OS2. The van der Waals surface area contributed by atoms with Crippen LogP contribution >= 0.6 is 23.1 Å². The molecule has 0 unspecified atom stereocenters. The van der Waals surface area contributed by atoms with Gasteiger partial charge < -0.3 is 9.88 Å². The van der Waals surface area contributed by atoms with E-state index >= 15 is 0 Å². The number of hydrogen-bond acceptors (Lipinski definition) is 5. The highest BCUT2D eigenvalue weighted by Gasteiger charge is 2.15. The Balaban J connectivity index is 1.68. The third-order valence-corrected chi connectivity index (χ3v) is 5.85. The van der Waals surface area contributed by atoms with Crippen LogP contribution in [0, 0.1) is 6.92 Å². The average molecular weight is 387 g/mol. The van der Waals surface area contributed by atoms with Gasteiger partial charge >= 0.3 is 0 Å². The molecule has 1 aromatic carbocycles. The highest BCUT2D eigenvalue weighted by molar-refractivity contribution is 7.99. The maximum atomic E-state index is 12.3. The van der Waals surface area contributed by atoms with Gasteiger partial charge in [-0.3, -0.25) is 4.79 Å². The lowest BCUT2D eigenvalue weighted by molar-refractivity contribution is -0.113. The number of para-hydroxylation sites is 1. The van der Waals surface area contributed by atoms with E-state index in [0.29, 0.717) is 5.75 Å². The normalized spacial score (nSPS) is 10.9. The molecule has 0 radical (unpaired) electrons. The maximum absolute atomic E-state index is 12.3. The van der Waals surface area contributed by atoms with Gasteiger partial charge in [0, 0.05) is 28.1 Å². The Labute approximate surface area is 161 Å². The number of anilines is 1. The molecule has 2 aromatic heterocycles. The highest BCUT2D eigenvalue weighted by Crippen LogP contribution is 2.27. The van der Waals surface area contributed by atoms with Gasteiger partial charge in [0.1, 0.15) is 0 Å². The van der Waals surface area contributed by atoms with Gasteiger partial charge in [-0.25, -0.2) is 0 Å². The van der Waals surface area contributed by atoms with E-state index in [4.69, 9.17) is 0 Å². The average Bonchev–Trinajstić information content (AvgIpc) is 3.25. The van der Waals surface area contributed by atoms with E-state index in [9.17, 15) is 4.79 Å². The Morgan fingerprint density at radius 1 is 1.27 bits per heavy atom. The SMILES string of the molecule is CCc1ccccc1NC(=O)CSc1nnc(-c2csc(C)c2)n1CC. The molecule has 136 valence electrons. The zero-order chi connectivity index (χ0) is 18.5. The zero-order valence-electron chi connectivity index (χ0n) is 15.2. The summed E-state index contributed by atoms with van der Waals surface area (Å²) >= 11 is 3.11. The summed E-state index contributed by atoms with van der Waals surface area (Å²) in [6.45, 7) is 6.99. The second kappa shape index (κ2) is 8.51. The number of carbonyl (C=O) groups excluding carboxylic acids is 1. The van der Waals surface area contributed by atoms with Crippen LogP contribution in [-0.2, 0) is 17.8 Å². The van der Waals surface area contributed by atoms with Crippen LogP contribution in [0.2, 0.25) is 0 Å². The third kappa shape index (κ3) is 4.16. The number of benzene rings is 1. The molecule has 26 heavy (non-hydrogen) atoms. The molecule has 2 heterocycles. The molecule has 0 spiro atoms. The minimum atomic E-state index is -0.0329. The summed E-state index contributed by atoms with van der Waals surface area (Å²) in [5, 5.41) is 14.5. The molecule has 0 aliphatic heterocycles. The molecule has 3 aromatic rings.